The number of hydrogen-bond acceptors (Lipinski definition) is 4. The van der Waals surface area contributed by atoms with Gasteiger partial charge < -0.3 is 9.42 Å². The van der Waals surface area contributed by atoms with Gasteiger partial charge in [-0.15, -0.1) is 0 Å². The van der Waals surface area contributed by atoms with Crippen molar-refractivity contribution in [3.05, 3.63) is 70.3 Å². The molecule has 0 saturated carbocycles. The van der Waals surface area contributed by atoms with E-state index in [1.165, 1.54) is 12.1 Å². The first-order valence-corrected chi connectivity index (χ1v) is 9.45. The summed E-state index contributed by atoms with van der Waals surface area (Å²) in [5.74, 6) is 0.561. The summed E-state index contributed by atoms with van der Waals surface area (Å²) in [7, 11) is 0. The van der Waals surface area contributed by atoms with Gasteiger partial charge in [0.25, 0.3) is 0 Å². The van der Waals surface area contributed by atoms with Crippen LogP contribution in [-0.4, -0.2) is 27.5 Å². The van der Waals surface area contributed by atoms with Crippen LogP contribution in [0.4, 0.5) is 4.39 Å². The van der Waals surface area contributed by atoms with Crippen molar-refractivity contribution >= 4 is 21.8 Å². The largest absolute Gasteiger partial charge is 0.339 e. The lowest BCUT2D eigenvalue weighted by Crippen LogP contribution is -2.28. The van der Waals surface area contributed by atoms with E-state index in [0.717, 1.165) is 15.6 Å². The second-order valence-corrected chi connectivity index (χ2v) is 7.56. The molecule has 1 aliphatic rings. The van der Waals surface area contributed by atoms with E-state index in [1.54, 1.807) is 17.0 Å². The zero-order valence-electron chi connectivity index (χ0n) is 14.6. The van der Waals surface area contributed by atoms with Crippen LogP contribution in [-0.2, 0) is 4.79 Å². The molecule has 2 aromatic carbocycles. The zero-order chi connectivity index (χ0) is 19.0. The molecule has 1 amide bonds. The number of halogens is 2. The van der Waals surface area contributed by atoms with Crippen molar-refractivity contribution < 1.29 is 13.7 Å². The Morgan fingerprint density at radius 2 is 2.04 bits per heavy atom. The SMILES string of the molecule is CC(c1ccc(F)cc1)N1CC(c2nc(-c3cccc(Br)c3)no2)CC1=O. The van der Waals surface area contributed by atoms with Crippen LogP contribution in [0.5, 0.6) is 0 Å². The molecule has 0 aliphatic carbocycles. The van der Waals surface area contributed by atoms with Crippen molar-refractivity contribution in [3.8, 4) is 11.4 Å². The van der Waals surface area contributed by atoms with Crippen molar-refractivity contribution in [2.75, 3.05) is 6.54 Å². The van der Waals surface area contributed by atoms with Gasteiger partial charge in [-0.2, -0.15) is 4.98 Å². The lowest BCUT2D eigenvalue weighted by Gasteiger charge is -2.25. The highest BCUT2D eigenvalue weighted by Crippen LogP contribution is 2.34. The van der Waals surface area contributed by atoms with Crippen LogP contribution in [0.25, 0.3) is 11.4 Å². The van der Waals surface area contributed by atoms with E-state index in [2.05, 4.69) is 26.1 Å². The number of hydrogen-bond donors (Lipinski definition) is 0. The molecule has 0 radical (unpaired) electrons. The first kappa shape index (κ1) is 17.9. The predicted octanol–water partition coefficient (Wildman–Crippen LogP) is 4.72. The second kappa shape index (κ2) is 7.23. The number of carbonyl (C=O) groups is 1. The molecule has 3 aromatic rings. The van der Waals surface area contributed by atoms with Crippen molar-refractivity contribution in [1.82, 2.24) is 15.0 Å². The van der Waals surface area contributed by atoms with Gasteiger partial charge in [0.15, 0.2) is 0 Å². The van der Waals surface area contributed by atoms with Gasteiger partial charge in [-0.25, -0.2) is 4.39 Å². The number of nitrogens with zero attached hydrogens (tertiary/aromatic N) is 3. The molecule has 0 spiro atoms. The summed E-state index contributed by atoms with van der Waals surface area (Å²) in [6.45, 7) is 2.44. The number of benzene rings is 2. The Kier molecular flexibility index (Phi) is 4.78. The smallest absolute Gasteiger partial charge is 0.232 e. The van der Waals surface area contributed by atoms with Crippen LogP contribution in [0.15, 0.2) is 57.5 Å². The number of carbonyl (C=O) groups excluding carboxylic acids is 1. The molecule has 1 saturated heterocycles. The van der Waals surface area contributed by atoms with E-state index < -0.39 is 0 Å². The van der Waals surface area contributed by atoms with Crippen LogP contribution in [0, 0.1) is 5.82 Å². The van der Waals surface area contributed by atoms with Gasteiger partial charge in [-0.3, -0.25) is 4.79 Å². The molecule has 2 heterocycles. The van der Waals surface area contributed by atoms with Crippen molar-refractivity contribution in [2.45, 2.75) is 25.3 Å². The highest BCUT2D eigenvalue weighted by Gasteiger charge is 2.37. The van der Waals surface area contributed by atoms with Gasteiger partial charge in [-0.1, -0.05) is 45.4 Å². The molecule has 2 atom stereocenters. The normalized spacial score (nSPS) is 18.1. The van der Waals surface area contributed by atoms with Gasteiger partial charge in [0.1, 0.15) is 5.82 Å². The third-order valence-electron chi connectivity index (χ3n) is 4.85. The first-order chi connectivity index (χ1) is 13.0. The Hall–Kier alpha value is -2.54. The third-order valence-corrected chi connectivity index (χ3v) is 5.35. The summed E-state index contributed by atoms with van der Waals surface area (Å²) in [5, 5.41) is 4.06. The molecule has 1 aliphatic heterocycles. The molecule has 0 N–H and O–H groups in total. The summed E-state index contributed by atoms with van der Waals surface area (Å²) < 4.78 is 19.5. The van der Waals surface area contributed by atoms with Gasteiger partial charge in [0.05, 0.1) is 12.0 Å². The Labute approximate surface area is 164 Å². The number of rotatable bonds is 4. The van der Waals surface area contributed by atoms with E-state index in [9.17, 15) is 9.18 Å². The second-order valence-electron chi connectivity index (χ2n) is 6.64. The van der Waals surface area contributed by atoms with Crippen LogP contribution < -0.4 is 0 Å². The van der Waals surface area contributed by atoms with Crippen LogP contribution in [0.2, 0.25) is 0 Å². The van der Waals surface area contributed by atoms with Crippen molar-refractivity contribution in [3.63, 3.8) is 0 Å². The average Bonchev–Trinajstić information content (AvgIpc) is 3.29. The number of aromatic nitrogens is 2. The van der Waals surface area contributed by atoms with E-state index in [-0.39, 0.29) is 23.7 Å². The Balaban J connectivity index is 1.52. The molecule has 1 fully saturated rings. The minimum Gasteiger partial charge on any atom is -0.339 e. The summed E-state index contributed by atoms with van der Waals surface area (Å²) in [6, 6.07) is 13.7. The maximum absolute atomic E-state index is 13.1. The van der Waals surface area contributed by atoms with Crippen LogP contribution in [0.3, 0.4) is 0 Å². The molecule has 27 heavy (non-hydrogen) atoms. The molecular formula is C20H17BrFN3O2. The molecule has 2 unspecified atom stereocenters. The summed E-state index contributed by atoms with van der Waals surface area (Å²) in [6.07, 6.45) is 0.325. The van der Waals surface area contributed by atoms with E-state index in [4.69, 9.17) is 4.52 Å². The minimum absolute atomic E-state index is 0.0269. The lowest BCUT2D eigenvalue weighted by atomic mass is 10.1. The highest BCUT2D eigenvalue weighted by molar-refractivity contribution is 9.10. The summed E-state index contributed by atoms with van der Waals surface area (Å²) in [5.41, 5.74) is 1.74. The fraction of sp³-hybridized carbons (Fsp3) is 0.250. The topological polar surface area (TPSA) is 59.2 Å². The van der Waals surface area contributed by atoms with E-state index in [1.807, 2.05) is 31.2 Å². The van der Waals surface area contributed by atoms with Gasteiger partial charge in [-0.05, 0) is 36.8 Å². The highest BCUT2D eigenvalue weighted by atomic mass is 79.9. The van der Waals surface area contributed by atoms with E-state index >= 15 is 0 Å². The van der Waals surface area contributed by atoms with Crippen molar-refractivity contribution in [2.24, 2.45) is 0 Å². The number of likely N-dealkylation sites (tertiary alicyclic amines) is 1. The summed E-state index contributed by atoms with van der Waals surface area (Å²) in [4.78, 5) is 18.8. The quantitative estimate of drug-likeness (QED) is 0.602. The predicted molar refractivity (Wildman–Crippen MR) is 101 cm³/mol. The Morgan fingerprint density at radius 1 is 1.26 bits per heavy atom. The monoisotopic (exact) mass is 429 g/mol. The standard InChI is InChI=1S/C20H17BrFN3O2/c1-12(13-5-7-17(22)8-6-13)25-11-15(10-18(25)26)20-23-19(24-27-20)14-3-2-4-16(21)9-14/h2-9,12,15H,10-11H2,1H3. The van der Waals surface area contributed by atoms with Crippen LogP contribution >= 0.6 is 15.9 Å². The average molecular weight is 430 g/mol. The third kappa shape index (κ3) is 3.64. The first-order valence-electron chi connectivity index (χ1n) is 8.66. The van der Waals surface area contributed by atoms with Gasteiger partial charge in [0.2, 0.25) is 17.6 Å². The van der Waals surface area contributed by atoms with Gasteiger partial charge in [0, 0.05) is 23.0 Å². The summed E-state index contributed by atoms with van der Waals surface area (Å²) >= 11 is 3.43. The molecule has 138 valence electrons. The maximum Gasteiger partial charge on any atom is 0.232 e. The molecule has 4 rings (SSSR count). The fourth-order valence-corrected chi connectivity index (χ4v) is 3.74. The molecule has 1 aromatic heterocycles. The van der Waals surface area contributed by atoms with Gasteiger partial charge >= 0.3 is 0 Å². The molecule has 0 bridgehead atoms. The fourth-order valence-electron chi connectivity index (χ4n) is 3.34. The van der Waals surface area contributed by atoms with E-state index in [0.29, 0.717) is 24.7 Å². The van der Waals surface area contributed by atoms with Crippen LogP contribution in [0.1, 0.15) is 36.8 Å². The number of amides is 1. The lowest BCUT2D eigenvalue weighted by molar-refractivity contribution is -0.129. The molecular weight excluding hydrogens is 413 g/mol. The van der Waals surface area contributed by atoms with Crippen molar-refractivity contribution in [1.29, 1.82) is 0 Å². The molecule has 7 heteroatoms. The minimum atomic E-state index is -0.289. The maximum atomic E-state index is 13.1. The molecule has 5 nitrogen and oxygen atoms in total. The zero-order valence-corrected chi connectivity index (χ0v) is 16.2. The Bertz CT molecular complexity index is 973. The Morgan fingerprint density at radius 3 is 2.78 bits per heavy atom.